The molecule has 0 aliphatic carbocycles. The van der Waals surface area contributed by atoms with Crippen LogP contribution in [0.15, 0.2) is 22.7 Å². The molecule has 2 rings (SSSR count). The molecule has 1 aliphatic heterocycles. The number of piperazine rings is 1. The lowest BCUT2D eigenvalue weighted by molar-refractivity contribution is -0.137. The smallest absolute Gasteiger partial charge is 0.396 e. The molecule has 1 atom stereocenters. The number of nitrogens with zero attached hydrogens (tertiary/aromatic N) is 1. The Morgan fingerprint density at radius 1 is 1.25 bits per heavy atom. The average Bonchev–Trinajstić information content (AvgIpc) is 2.49. The summed E-state index contributed by atoms with van der Waals surface area (Å²) in [6, 6.07) is 3.43. The van der Waals surface area contributed by atoms with E-state index in [-0.39, 0.29) is 25.1 Å². The van der Waals surface area contributed by atoms with Crippen LogP contribution in [-0.2, 0) is 6.18 Å². The van der Waals surface area contributed by atoms with E-state index in [0.29, 0.717) is 10.0 Å². The Morgan fingerprint density at radius 2 is 1.83 bits per heavy atom. The van der Waals surface area contributed by atoms with E-state index in [1.807, 2.05) is 13.8 Å². The summed E-state index contributed by atoms with van der Waals surface area (Å²) in [6.45, 7) is 6.69. The molecule has 138 valence electrons. The molecule has 8 heteroatoms. The third-order valence-electron chi connectivity index (χ3n) is 4.28. The fraction of sp³-hybridized carbons (Fsp3) is 0.625. The van der Waals surface area contributed by atoms with Crippen molar-refractivity contribution >= 4 is 28.3 Å². The van der Waals surface area contributed by atoms with Crippen molar-refractivity contribution in [1.29, 1.82) is 0 Å². The zero-order chi connectivity index (χ0) is 17.3. The SMILES string of the molecule is CC(C)(CO)[C@H](c1cc(C(F)(F)F)ccc1Br)N1CCNCC1.Cl. The van der Waals surface area contributed by atoms with Gasteiger partial charge in [-0.05, 0) is 23.8 Å². The van der Waals surface area contributed by atoms with Crippen LogP contribution in [0.4, 0.5) is 13.2 Å². The highest BCUT2D eigenvalue weighted by atomic mass is 79.9. The molecule has 0 aromatic heterocycles. The number of halogens is 5. The summed E-state index contributed by atoms with van der Waals surface area (Å²) in [7, 11) is 0. The summed E-state index contributed by atoms with van der Waals surface area (Å²) in [5.41, 5.74) is -0.658. The lowest BCUT2D eigenvalue weighted by Gasteiger charge is -2.44. The van der Waals surface area contributed by atoms with E-state index in [1.165, 1.54) is 12.1 Å². The highest BCUT2D eigenvalue weighted by Crippen LogP contribution is 2.43. The Balaban J connectivity index is 0.00000288. The third kappa shape index (κ3) is 4.85. The number of aliphatic hydroxyl groups is 1. The van der Waals surface area contributed by atoms with Crippen LogP contribution in [-0.4, -0.2) is 42.8 Å². The minimum absolute atomic E-state index is 0. The quantitative estimate of drug-likeness (QED) is 0.760. The standard InChI is InChI=1S/C16H22BrF3N2O.ClH/c1-15(2,10-23)14(22-7-5-21-6-8-22)12-9-11(16(18,19)20)3-4-13(12)17;/h3-4,9,14,21,23H,5-8,10H2,1-2H3;1H/t14-;/m0./s1. The fourth-order valence-electron chi connectivity index (χ4n) is 3.07. The van der Waals surface area contributed by atoms with Crippen LogP contribution in [0.1, 0.15) is 31.0 Å². The lowest BCUT2D eigenvalue weighted by Crippen LogP contribution is -2.49. The molecule has 1 heterocycles. The Kier molecular flexibility index (Phi) is 7.56. The maximum atomic E-state index is 13.1. The molecule has 1 saturated heterocycles. The second-order valence-electron chi connectivity index (χ2n) is 6.57. The van der Waals surface area contributed by atoms with Gasteiger partial charge in [-0.3, -0.25) is 4.90 Å². The zero-order valence-corrected chi connectivity index (χ0v) is 16.1. The maximum Gasteiger partial charge on any atom is 0.416 e. The van der Waals surface area contributed by atoms with Crippen LogP contribution in [0.3, 0.4) is 0 Å². The van der Waals surface area contributed by atoms with Crippen molar-refractivity contribution in [2.45, 2.75) is 26.1 Å². The van der Waals surface area contributed by atoms with Gasteiger partial charge < -0.3 is 10.4 Å². The predicted octanol–water partition coefficient (Wildman–Crippen LogP) is 3.85. The van der Waals surface area contributed by atoms with Crippen molar-refractivity contribution in [2.75, 3.05) is 32.8 Å². The van der Waals surface area contributed by atoms with Gasteiger partial charge in [0, 0.05) is 48.7 Å². The summed E-state index contributed by atoms with van der Waals surface area (Å²) in [5, 5.41) is 13.0. The van der Waals surface area contributed by atoms with Gasteiger partial charge in [0.15, 0.2) is 0 Å². The number of hydrogen-bond acceptors (Lipinski definition) is 3. The lowest BCUT2D eigenvalue weighted by atomic mass is 9.79. The molecule has 0 radical (unpaired) electrons. The Morgan fingerprint density at radius 3 is 2.33 bits per heavy atom. The van der Waals surface area contributed by atoms with Crippen molar-refractivity contribution in [3.8, 4) is 0 Å². The molecule has 3 nitrogen and oxygen atoms in total. The van der Waals surface area contributed by atoms with E-state index in [4.69, 9.17) is 0 Å². The highest BCUT2D eigenvalue weighted by Gasteiger charge is 2.38. The minimum Gasteiger partial charge on any atom is -0.396 e. The molecule has 0 amide bonds. The molecule has 24 heavy (non-hydrogen) atoms. The zero-order valence-electron chi connectivity index (χ0n) is 13.7. The van der Waals surface area contributed by atoms with Crippen LogP contribution in [0, 0.1) is 5.41 Å². The van der Waals surface area contributed by atoms with Gasteiger partial charge in [0.05, 0.1) is 5.56 Å². The average molecular weight is 432 g/mol. The van der Waals surface area contributed by atoms with Crippen molar-refractivity contribution in [3.63, 3.8) is 0 Å². The number of alkyl halides is 3. The number of rotatable bonds is 4. The first-order valence-electron chi connectivity index (χ1n) is 7.59. The largest absolute Gasteiger partial charge is 0.416 e. The highest BCUT2D eigenvalue weighted by molar-refractivity contribution is 9.10. The molecule has 2 N–H and O–H groups in total. The normalized spacial score (nSPS) is 18.1. The molecule has 1 aromatic rings. The molecule has 1 aromatic carbocycles. The summed E-state index contributed by atoms with van der Waals surface area (Å²) in [4.78, 5) is 2.15. The van der Waals surface area contributed by atoms with Gasteiger partial charge in [-0.1, -0.05) is 29.8 Å². The maximum absolute atomic E-state index is 13.1. The first-order chi connectivity index (χ1) is 10.7. The number of aliphatic hydroxyl groups excluding tert-OH is 1. The number of hydrogen-bond donors (Lipinski definition) is 2. The molecular formula is C16H23BrClF3N2O. The molecular weight excluding hydrogens is 409 g/mol. The third-order valence-corrected chi connectivity index (χ3v) is 5.00. The van der Waals surface area contributed by atoms with Crippen LogP contribution >= 0.6 is 28.3 Å². The van der Waals surface area contributed by atoms with E-state index in [9.17, 15) is 18.3 Å². The van der Waals surface area contributed by atoms with Gasteiger partial charge in [0.25, 0.3) is 0 Å². The Labute approximate surface area is 155 Å². The summed E-state index contributed by atoms with van der Waals surface area (Å²) in [5.74, 6) is 0. The first kappa shape index (κ1) is 21.7. The van der Waals surface area contributed by atoms with Crippen molar-refractivity contribution in [3.05, 3.63) is 33.8 Å². The molecule has 1 fully saturated rings. The van der Waals surface area contributed by atoms with Gasteiger partial charge in [0.1, 0.15) is 0 Å². The molecule has 0 bridgehead atoms. The van der Waals surface area contributed by atoms with Gasteiger partial charge in [-0.2, -0.15) is 13.2 Å². The number of benzene rings is 1. The van der Waals surface area contributed by atoms with E-state index in [1.54, 1.807) is 0 Å². The van der Waals surface area contributed by atoms with Crippen LogP contribution in [0.5, 0.6) is 0 Å². The van der Waals surface area contributed by atoms with Crippen molar-refractivity contribution < 1.29 is 18.3 Å². The van der Waals surface area contributed by atoms with Crippen LogP contribution < -0.4 is 5.32 Å². The van der Waals surface area contributed by atoms with E-state index in [2.05, 4.69) is 26.1 Å². The molecule has 0 unspecified atom stereocenters. The van der Waals surface area contributed by atoms with Crippen LogP contribution in [0.2, 0.25) is 0 Å². The van der Waals surface area contributed by atoms with Crippen molar-refractivity contribution in [1.82, 2.24) is 10.2 Å². The van der Waals surface area contributed by atoms with E-state index in [0.717, 1.165) is 32.2 Å². The van der Waals surface area contributed by atoms with Crippen LogP contribution in [0.25, 0.3) is 0 Å². The predicted molar refractivity (Wildman–Crippen MR) is 94.4 cm³/mol. The van der Waals surface area contributed by atoms with Crippen molar-refractivity contribution in [2.24, 2.45) is 5.41 Å². The summed E-state index contributed by atoms with van der Waals surface area (Å²) < 4.78 is 39.9. The Bertz CT molecular complexity index is 549. The summed E-state index contributed by atoms with van der Waals surface area (Å²) in [6.07, 6.45) is -4.38. The number of nitrogens with one attached hydrogen (secondary N) is 1. The van der Waals surface area contributed by atoms with Gasteiger partial charge >= 0.3 is 6.18 Å². The summed E-state index contributed by atoms with van der Waals surface area (Å²) >= 11 is 3.39. The molecule has 0 spiro atoms. The second kappa shape index (κ2) is 8.36. The monoisotopic (exact) mass is 430 g/mol. The van der Waals surface area contributed by atoms with Gasteiger partial charge in [0.2, 0.25) is 0 Å². The van der Waals surface area contributed by atoms with E-state index < -0.39 is 17.2 Å². The second-order valence-corrected chi connectivity index (χ2v) is 7.42. The van der Waals surface area contributed by atoms with Gasteiger partial charge in [-0.15, -0.1) is 12.4 Å². The topological polar surface area (TPSA) is 35.5 Å². The fourth-order valence-corrected chi connectivity index (χ4v) is 3.53. The molecule has 1 aliphatic rings. The first-order valence-corrected chi connectivity index (χ1v) is 8.38. The minimum atomic E-state index is -4.38. The Hall–Kier alpha value is -0.340. The molecule has 0 saturated carbocycles. The van der Waals surface area contributed by atoms with E-state index >= 15 is 0 Å². The van der Waals surface area contributed by atoms with Gasteiger partial charge in [-0.25, -0.2) is 0 Å².